The molecule has 0 saturated heterocycles. The average Bonchev–Trinajstić information content (AvgIpc) is 2.50. The lowest BCUT2D eigenvalue weighted by Crippen LogP contribution is -2.08. The van der Waals surface area contributed by atoms with E-state index in [-0.39, 0.29) is 5.92 Å². The van der Waals surface area contributed by atoms with Crippen molar-refractivity contribution < 1.29 is 0 Å². The van der Waals surface area contributed by atoms with Crippen molar-refractivity contribution in [2.45, 2.75) is 0 Å². The molecule has 0 fully saturated rings. The molecule has 0 unspecified atom stereocenters. The minimum Gasteiger partial charge on any atom is -0.237 e. The van der Waals surface area contributed by atoms with Crippen molar-refractivity contribution in [1.29, 1.82) is 5.26 Å². The van der Waals surface area contributed by atoms with Crippen LogP contribution in [0.5, 0.6) is 0 Å². The maximum Gasteiger partial charge on any atom is 0.156 e. The average molecular weight is 143 g/mol. The van der Waals surface area contributed by atoms with Crippen LogP contribution in [0.2, 0.25) is 0 Å². The standard InChI is InChI=1S/C8H5N3/c9-5-6-1-3-10-8-7(6)2-4-11-8/h1-4,6H/t6-/m1/s1. The van der Waals surface area contributed by atoms with Gasteiger partial charge in [0.2, 0.25) is 0 Å². The molecule has 1 atom stereocenters. The molecule has 0 saturated carbocycles. The third-order valence-electron chi connectivity index (χ3n) is 1.66. The molecule has 2 aliphatic heterocycles. The lowest BCUT2D eigenvalue weighted by Gasteiger charge is -2.08. The van der Waals surface area contributed by atoms with Gasteiger partial charge < -0.3 is 0 Å². The summed E-state index contributed by atoms with van der Waals surface area (Å²) in [5.74, 6) is 0.518. The summed E-state index contributed by atoms with van der Waals surface area (Å²) in [7, 11) is 0. The van der Waals surface area contributed by atoms with Gasteiger partial charge in [0, 0.05) is 18.0 Å². The van der Waals surface area contributed by atoms with Crippen molar-refractivity contribution in [3.63, 3.8) is 0 Å². The highest BCUT2D eigenvalue weighted by Gasteiger charge is 2.20. The van der Waals surface area contributed by atoms with Crippen molar-refractivity contribution in [3.05, 3.63) is 23.9 Å². The molecule has 0 aromatic heterocycles. The Labute approximate surface area is 64.1 Å². The molecule has 0 spiro atoms. The fourth-order valence-corrected chi connectivity index (χ4v) is 1.10. The monoisotopic (exact) mass is 143 g/mol. The molecule has 2 heterocycles. The maximum absolute atomic E-state index is 8.69. The van der Waals surface area contributed by atoms with E-state index in [1.807, 2.05) is 6.08 Å². The highest BCUT2D eigenvalue weighted by Crippen LogP contribution is 2.21. The van der Waals surface area contributed by atoms with Gasteiger partial charge in [0.1, 0.15) is 0 Å². The second-order valence-electron chi connectivity index (χ2n) is 2.30. The van der Waals surface area contributed by atoms with Crippen molar-refractivity contribution >= 4 is 12.1 Å². The van der Waals surface area contributed by atoms with Crippen LogP contribution < -0.4 is 0 Å². The number of aliphatic imine (C=N–C) groups is 2. The quantitative estimate of drug-likeness (QED) is 0.500. The zero-order valence-electron chi connectivity index (χ0n) is 5.73. The molecule has 2 rings (SSSR count). The maximum atomic E-state index is 8.69. The molecule has 52 valence electrons. The number of rotatable bonds is 0. The molecule has 11 heavy (non-hydrogen) atoms. The summed E-state index contributed by atoms with van der Waals surface area (Å²) in [6.07, 6.45) is 6.90. The Kier molecular flexibility index (Phi) is 1.19. The molecular weight excluding hydrogens is 138 g/mol. The summed E-state index contributed by atoms with van der Waals surface area (Å²) in [6, 6.07) is 2.16. The lowest BCUT2D eigenvalue weighted by atomic mass is 9.99. The van der Waals surface area contributed by atoms with Gasteiger partial charge in [0.15, 0.2) is 5.84 Å². The van der Waals surface area contributed by atoms with Gasteiger partial charge in [-0.15, -0.1) is 0 Å². The van der Waals surface area contributed by atoms with Gasteiger partial charge in [-0.05, 0) is 12.2 Å². The van der Waals surface area contributed by atoms with Gasteiger partial charge in [-0.1, -0.05) is 0 Å². The first-order valence-corrected chi connectivity index (χ1v) is 3.30. The summed E-state index contributed by atoms with van der Waals surface area (Å²) in [5, 5.41) is 8.69. The molecule has 3 heteroatoms. The number of allylic oxidation sites excluding steroid dienone is 2. The SMILES string of the molecule is N#C[C@H]1C=CN=C2N=CC=C21. The second-order valence-corrected chi connectivity index (χ2v) is 2.30. The Morgan fingerprint density at radius 1 is 1.55 bits per heavy atom. The van der Waals surface area contributed by atoms with Crippen LogP contribution in [0.4, 0.5) is 0 Å². The number of hydrogen-bond donors (Lipinski definition) is 0. The summed E-state index contributed by atoms with van der Waals surface area (Å²) in [6.45, 7) is 0. The topological polar surface area (TPSA) is 48.5 Å². The Hall–Kier alpha value is -1.69. The van der Waals surface area contributed by atoms with E-state index in [1.54, 1.807) is 18.5 Å². The minimum absolute atomic E-state index is 0.162. The molecule has 0 N–H and O–H groups in total. The van der Waals surface area contributed by atoms with E-state index in [1.165, 1.54) is 0 Å². The molecule has 0 radical (unpaired) electrons. The first-order valence-electron chi connectivity index (χ1n) is 3.30. The second kappa shape index (κ2) is 2.17. The number of nitriles is 1. The van der Waals surface area contributed by atoms with Crippen LogP contribution in [-0.4, -0.2) is 12.1 Å². The van der Waals surface area contributed by atoms with Gasteiger partial charge in [0.05, 0.1) is 12.0 Å². The highest BCUT2D eigenvalue weighted by molar-refractivity contribution is 6.12. The predicted octanol–water partition coefficient (Wildman–Crippen LogP) is 1.06. The Bertz CT molecular complexity index is 339. The van der Waals surface area contributed by atoms with Gasteiger partial charge in [-0.25, -0.2) is 9.98 Å². The fourth-order valence-electron chi connectivity index (χ4n) is 1.10. The molecule has 0 aliphatic carbocycles. The summed E-state index contributed by atoms with van der Waals surface area (Å²) >= 11 is 0. The van der Waals surface area contributed by atoms with Gasteiger partial charge >= 0.3 is 0 Å². The lowest BCUT2D eigenvalue weighted by molar-refractivity contribution is 1.02. The van der Waals surface area contributed by atoms with Crippen LogP contribution >= 0.6 is 0 Å². The van der Waals surface area contributed by atoms with E-state index in [0.717, 1.165) is 5.57 Å². The predicted molar refractivity (Wildman–Crippen MR) is 42.3 cm³/mol. The molecule has 2 aliphatic rings. The Morgan fingerprint density at radius 3 is 3.27 bits per heavy atom. The van der Waals surface area contributed by atoms with E-state index in [0.29, 0.717) is 5.84 Å². The Morgan fingerprint density at radius 2 is 2.45 bits per heavy atom. The van der Waals surface area contributed by atoms with Crippen molar-refractivity contribution in [2.24, 2.45) is 15.9 Å². The largest absolute Gasteiger partial charge is 0.237 e. The smallest absolute Gasteiger partial charge is 0.156 e. The van der Waals surface area contributed by atoms with E-state index < -0.39 is 0 Å². The van der Waals surface area contributed by atoms with Crippen molar-refractivity contribution in [1.82, 2.24) is 0 Å². The minimum atomic E-state index is -0.162. The summed E-state index contributed by atoms with van der Waals surface area (Å²) < 4.78 is 0. The normalized spacial score (nSPS) is 25.5. The van der Waals surface area contributed by atoms with Crippen molar-refractivity contribution in [2.75, 3.05) is 0 Å². The summed E-state index contributed by atoms with van der Waals surface area (Å²) in [5.41, 5.74) is 0.912. The van der Waals surface area contributed by atoms with Crippen molar-refractivity contribution in [3.8, 4) is 6.07 Å². The molecule has 3 nitrogen and oxygen atoms in total. The van der Waals surface area contributed by atoms with Crippen LogP contribution in [0.25, 0.3) is 0 Å². The van der Waals surface area contributed by atoms with E-state index >= 15 is 0 Å². The Balaban J connectivity index is 2.44. The first kappa shape index (κ1) is 6.05. The highest BCUT2D eigenvalue weighted by atomic mass is 14.9. The molecule has 0 bridgehead atoms. The fraction of sp³-hybridized carbons (Fsp3) is 0.125. The number of amidine groups is 1. The molecular formula is C8H5N3. The first-order chi connectivity index (χ1) is 5.42. The number of fused-ring (bicyclic) bond motifs is 1. The van der Waals surface area contributed by atoms with E-state index in [4.69, 9.17) is 5.26 Å². The van der Waals surface area contributed by atoms with Crippen LogP contribution in [0.3, 0.4) is 0 Å². The van der Waals surface area contributed by atoms with Gasteiger partial charge in [-0.3, -0.25) is 0 Å². The van der Waals surface area contributed by atoms with E-state index in [9.17, 15) is 0 Å². The molecule has 0 aromatic rings. The van der Waals surface area contributed by atoms with Crippen LogP contribution in [0.1, 0.15) is 0 Å². The third-order valence-corrected chi connectivity index (χ3v) is 1.66. The number of nitrogens with zero attached hydrogens (tertiary/aromatic N) is 3. The number of hydrogen-bond acceptors (Lipinski definition) is 3. The van der Waals surface area contributed by atoms with Gasteiger partial charge in [-0.2, -0.15) is 5.26 Å². The third kappa shape index (κ3) is 0.802. The van der Waals surface area contributed by atoms with E-state index in [2.05, 4.69) is 16.1 Å². The van der Waals surface area contributed by atoms with Crippen LogP contribution in [-0.2, 0) is 0 Å². The zero-order valence-corrected chi connectivity index (χ0v) is 5.73. The summed E-state index contributed by atoms with van der Waals surface area (Å²) in [4.78, 5) is 7.99. The van der Waals surface area contributed by atoms with Crippen LogP contribution in [0, 0.1) is 17.2 Å². The molecule has 0 amide bonds. The van der Waals surface area contributed by atoms with Gasteiger partial charge in [0.25, 0.3) is 0 Å². The van der Waals surface area contributed by atoms with Crippen LogP contribution in [0.15, 0.2) is 33.9 Å². The molecule has 0 aromatic carbocycles. The zero-order chi connectivity index (χ0) is 7.68.